The van der Waals surface area contributed by atoms with Crippen LogP contribution in [0, 0.1) is 5.92 Å². The first-order valence-electron chi connectivity index (χ1n) is 6.18. The molecule has 0 fully saturated rings. The van der Waals surface area contributed by atoms with E-state index in [1.807, 2.05) is 4.68 Å². The molecule has 0 saturated carbocycles. The maximum Gasteiger partial charge on any atom is 0.138 e. The zero-order valence-electron chi connectivity index (χ0n) is 11.1. The first kappa shape index (κ1) is 13.2. The van der Waals surface area contributed by atoms with E-state index in [4.69, 9.17) is 0 Å². The third-order valence-corrected chi connectivity index (χ3v) is 3.02. The van der Waals surface area contributed by atoms with Gasteiger partial charge >= 0.3 is 0 Å². The first-order valence-corrected chi connectivity index (χ1v) is 6.18. The summed E-state index contributed by atoms with van der Waals surface area (Å²) in [5, 5.41) is 7.71. The van der Waals surface area contributed by atoms with Crippen LogP contribution in [0.3, 0.4) is 0 Å². The summed E-state index contributed by atoms with van der Waals surface area (Å²) in [7, 11) is 0. The highest BCUT2D eigenvalue weighted by Crippen LogP contribution is 2.13. The molecule has 4 nitrogen and oxygen atoms in total. The van der Waals surface area contributed by atoms with E-state index in [2.05, 4.69) is 50.0 Å². The SMILES string of the molecule is CCNC(C)C(C)Cc1ncnn1C(C)C. The first-order chi connectivity index (χ1) is 7.56. The molecule has 2 unspecified atom stereocenters. The molecular formula is C12H24N4. The van der Waals surface area contributed by atoms with Crippen LogP contribution >= 0.6 is 0 Å². The van der Waals surface area contributed by atoms with Crippen LogP contribution in [0.1, 0.15) is 46.5 Å². The van der Waals surface area contributed by atoms with Gasteiger partial charge in [-0.1, -0.05) is 13.8 Å². The summed E-state index contributed by atoms with van der Waals surface area (Å²) in [4.78, 5) is 4.34. The van der Waals surface area contributed by atoms with Gasteiger partial charge in [0.25, 0.3) is 0 Å². The molecule has 92 valence electrons. The summed E-state index contributed by atoms with van der Waals surface area (Å²) in [6, 6.07) is 0.904. The molecule has 0 radical (unpaired) electrons. The third kappa shape index (κ3) is 3.30. The normalized spacial score (nSPS) is 15.4. The van der Waals surface area contributed by atoms with Crippen LogP contribution < -0.4 is 5.32 Å². The van der Waals surface area contributed by atoms with Crippen molar-refractivity contribution in [3.8, 4) is 0 Å². The molecule has 0 aliphatic carbocycles. The van der Waals surface area contributed by atoms with Gasteiger partial charge in [-0.2, -0.15) is 5.10 Å². The zero-order valence-corrected chi connectivity index (χ0v) is 11.1. The van der Waals surface area contributed by atoms with Gasteiger partial charge in [0.15, 0.2) is 0 Å². The quantitative estimate of drug-likeness (QED) is 0.804. The highest BCUT2D eigenvalue weighted by molar-refractivity contribution is 4.90. The molecule has 0 saturated heterocycles. The Balaban J connectivity index is 2.62. The van der Waals surface area contributed by atoms with Crippen molar-refractivity contribution in [1.82, 2.24) is 20.1 Å². The van der Waals surface area contributed by atoms with E-state index in [0.717, 1.165) is 18.8 Å². The molecule has 1 N–H and O–H groups in total. The van der Waals surface area contributed by atoms with Crippen molar-refractivity contribution >= 4 is 0 Å². The second-order valence-electron chi connectivity index (χ2n) is 4.74. The summed E-state index contributed by atoms with van der Waals surface area (Å²) in [6.07, 6.45) is 2.63. The summed E-state index contributed by atoms with van der Waals surface area (Å²) < 4.78 is 2.01. The minimum absolute atomic E-state index is 0.388. The van der Waals surface area contributed by atoms with Crippen molar-refractivity contribution in [2.75, 3.05) is 6.54 Å². The molecule has 0 aliphatic heterocycles. The van der Waals surface area contributed by atoms with Crippen LogP contribution in [0.15, 0.2) is 6.33 Å². The zero-order chi connectivity index (χ0) is 12.1. The fourth-order valence-corrected chi connectivity index (χ4v) is 1.84. The van der Waals surface area contributed by atoms with Gasteiger partial charge in [0.2, 0.25) is 0 Å². The number of aromatic nitrogens is 3. The van der Waals surface area contributed by atoms with E-state index >= 15 is 0 Å². The Morgan fingerprint density at radius 3 is 2.56 bits per heavy atom. The Labute approximate surface area is 98.5 Å². The Morgan fingerprint density at radius 1 is 1.31 bits per heavy atom. The van der Waals surface area contributed by atoms with Crippen molar-refractivity contribution in [2.45, 2.75) is 53.1 Å². The van der Waals surface area contributed by atoms with E-state index in [0.29, 0.717) is 18.0 Å². The Bertz CT molecular complexity index is 306. The van der Waals surface area contributed by atoms with Crippen LogP contribution in [0.25, 0.3) is 0 Å². The maximum atomic E-state index is 4.34. The Kier molecular flexibility index (Phi) is 4.93. The molecule has 16 heavy (non-hydrogen) atoms. The molecule has 4 heteroatoms. The van der Waals surface area contributed by atoms with Crippen molar-refractivity contribution in [2.24, 2.45) is 5.92 Å². The molecule has 0 amide bonds. The van der Waals surface area contributed by atoms with Crippen LogP contribution in [-0.4, -0.2) is 27.4 Å². The van der Waals surface area contributed by atoms with Crippen LogP contribution in [0.2, 0.25) is 0 Å². The molecule has 1 aromatic heterocycles. The monoisotopic (exact) mass is 224 g/mol. The standard InChI is InChI=1S/C12H24N4/c1-6-13-11(5)10(4)7-12-14-8-15-16(12)9(2)3/h8-11,13H,6-7H2,1-5H3. The lowest BCUT2D eigenvalue weighted by atomic mass is 9.99. The molecule has 1 aromatic rings. The van der Waals surface area contributed by atoms with Crippen LogP contribution in [0.5, 0.6) is 0 Å². The fraction of sp³-hybridized carbons (Fsp3) is 0.833. The fourth-order valence-electron chi connectivity index (χ4n) is 1.84. The van der Waals surface area contributed by atoms with E-state index in [9.17, 15) is 0 Å². The molecule has 1 rings (SSSR count). The van der Waals surface area contributed by atoms with E-state index in [-0.39, 0.29) is 0 Å². The second kappa shape index (κ2) is 5.99. The van der Waals surface area contributed by atoms with Gasteiger partial charge in [0.1, 0.15) is 12.2 Å². The van der Waals surface area contributed by atoms with E-state index in [1.165, 1.54) is 0 Å². The van der Waals surface area contributed by atoms with Crippen molar-refractivity contribution in [3.05, 3.63) is 12.2 Å². The molecule has 0 spiro atoms. The van der Waals surface area contributed by atoms with Crippen LogP contribution in [0.4, 0.5) is 0 Å². The molecule has 2 atom stereocenters. The minimum atomic E-state index is 0.388. The Morgan fingerprint density at radius 2 is 2.00 bits per heavy atom. The molecule has 0 aliphatic rings. The number of rotatable bonds is 6. The van der Waals surface area contributed by atoms with Gasteiger partial charge in [-0.05, 0) is 33.2 Å². The van der Waals surface area contributed by atoms with Gasteiger partial charge in [0.05, 0.1) is 0 Å². The van der Waals surface area contributed by atoms with Gasteiger partial charge in [0, 0.05) is 18.5 Å². The van der Waals surface area contributed by atoms with Gasteiger partial charge in [-0.25, -0.2) is 9.67 Å². The molecular weight excluding hydrogens is 200 g/mol. The predicted octanol–water partition coefficient (Wildman–Crippen LogP) is 2.04. The highest BCUT2D eigenvalue weighted by atomic mass is 15.3. The van der Waals surface area contributed by atoms with Gasteiger partial charge < -0.3 is 5.32 Å². The molecule has 0 bridgehead atoms. The largest absolute Gasteiger partial charge is 0.314 e. The smallest absolute Gasteiger partial charge is 0.138 e. The lowest BCUT2D eigenvalue weighted by molar-refractivity contribution is 0.385. The number of hydrogen-bond donors (Lipinski definition) is 1. The summed E-state index contributed by atoms with van der Waals surface area (Å²) in [5.41, 5.74) is 0. The van der Waals surface area contributed by atoms with E-state index in [1.54, 1.807) is 6.33 Å². The Hall–Kier alpha value is -0.900. The summed E-state index contributed by atoms with van der Waals surface area (Å²) in [6.45, 7) is 11.9. The van der Waals surface area contributed by atoms with E-state index < -0.39 is 0 Å². The average molecular weight is 224 g/mol. The topological polar surface area (TPSA) is 42.7 Å². The number of nitrogens with zero attached hydrogens (tertiary/aromatic N) is 3. The number of nitrogens with one attached hydrogen (secondary N) is 1. The molecule has 1 heterocycles. The average Bonchev–Trinajstić information content (AvgIpc) is 2.66. The third-order valence-electron chi connectivity index (χ3n) is 3.02. The maximum absolute atomic E-state index is 4.34. The lowest BCUT2D eigenvalue weighted by Gasteiger charge is -2.21. The van der Waals surface area contributed by atoms with Gasteiger partial charge in [-0.15, -0.1) is 0 Å². The van der Waals surface area contributed by atoms with Gasteiger partial charge in [-0.3, -0.25) is 0 Å². The second-order valence-corrected chi connectivity index (χ2v) is 4.74. The minimum Gasteiger partial charge on any atom is -0.314 e. The summed E-state index contributed by atoms with van der Waals surface area (Å²) >= 11 is 0. The predicted molar refractivity (Wildman–Crippen MR) is 66.4 cm³/mol. The van der Waals surface area contributed by atoms with Crippen LogP contribution in [-0.2, 0) is 6.42 Å². The van der Waals surface area contributed by atoms with Crippen molar-refractivity contribution < 1.29 is 0 Å². The van der Waals surface area contributed by atoms with Crippen molar-refractivity contribution in [1.29, 1.82) is 0 Å². The van der Waals surface area contributed by atoms with Crippen molar-refractivity contribution in [3.63, 3.8) is 0 Å². The molecule has 0 aromatic carbocycles. The summed E-state index contributed by atoms with van der Waals surface area (Å²) in [5.74, 6) is 1.66. The number of hydrogen-bond acceptors (Lipinski definition) is 3. The lowest BCUT2D eigenvalue weighted by Crippen LogP contribution is -2.33. The highest BCUT2D eigenvalue weighted by Gasteiger charge is 2.16.